The van der Waals surface area contributed by atoms with Gasteiger partial charge in [0.25, 0.3) is 0 Å². The Morgan fingerprint density at radius 1 is 1.53 bits per heavy atom. The van der Waals surface area contributed by atoms with Gasteiger partial charge in [0.2, 0.25) is 0 Å². The summed E-state index contributed by atoms with van der Waals surface area (Å²) in [4.78, 5) is 10.4. The van der Waals surface area contributed by atoms with Crippen molar-refractivity contribution in [2.45, 2.75) is 26.1 Å². The first-order valence-electron chi connectivity index (χ1n) is 4.66. The van der Waals surface area contributed by atoms with Gasteiger partial charge in [-0.1, -0.05) is 29.8 Å². The van der Waals surface area contributed by atoms with Crippen LogP contribution in [0.25, 0.3) is 0 Å². The number of hydrogen-bond donors (Lipinski definition) is 1. The lowest BCUT2D eigenvalue weighted by Gasteiger charge is -2.11. The molecular weight excluding hydrogens is 216 g/mol. The van der Waals surface area contributed by atoms with E-state index in [1.807, 2.05) is 18.2 Å². The molecule has 1 unspecified atom stereocenters. The van der Waals surface area contributed by atoms with Crippen molar-refractivity contribution in [3.05, 3.63) is 34.9 Å². The van der Waals surface area contributed by atoms with E-state index in [9.17, 15) is 4.79 Å². The molecule has 0 saturated heterocycles. The second-order valence-electron chi connectivity index (χ2n) is 3.31. The molecular formula is C11H13ClO3. The van der Waals surface area contributed by atoms with Gasteiger partial charge in [0.1, 0.15) is 0 Å². The minimum Gasteiger partial charge on any atom is -0.481 e. The molecule has 0 spiro atoms. The van der Waals surface area contributed by atoms with Crippen molar-refractivity contribution in [2.75, 3.05) is 0 Å². The number of halogens is 1. The minimum atomic E-state index is -0.860. The van der Waals surface area contributed by atoms with Crippen LogP contribution in [0.15, 0.2) is 24.3 Å². The molecule has 0 aliphatic rings. The highest BCUT2D eigenvalue weighted by Gasteiger charge is 2.08. The second-order valence-corrected chi connectivity index (χ2v) is 3.72. The van der Waals surface area contributed by atoms with Crippen LogP contribution in [0.3, 0.4) is 0 Å². The van der Waals surface area contributed by atoms with Gasteiger partial charge in [-0.3, -0.25) is 4.79 Å². The third kappa shape index (κ3) is 4.32. The summed E-state index contributed by atoms with van der Waals surface area (Å²) in [5, 5.41) is 9.17. The first kappa shape index (κ1) is 12.0. The fourth-order valence-electron chi connectivity index (χ4n) is 1.15. The van der Waals surface area contributed by atoms with Gasteiger partial charge in [-0.25, -0.2) is 0 Å². The number of aliphatic carboxylic acids is 1. The summed E-state index contributed by atoms with van der Waals surface area (Å²) < 4.78 is 5.35. The molecule has 1 rings (SSSR count). The quantitative estimate of drug-likeness (QED) is 0.843. The standard InChI is InChI=1S/C11H13ClO3/c1-8(6-11(13)14)15-7-9-4-2-3-5-10(9)12/h2-5,8H,6-7H2,1H3,(H,13,14). The van der Waals surface area contributed by atoms with Gasteiger partial charge in [-0.15, -0.1) is 0 Å². The fraction of sp³-hybridized carbons (Fsp3) is 0.364. The first-order chi connectivity index (χ1) is 7.09. The monoisotopic (exact) mass is 228 g/mol. The van der Waals surface area contributed by atoms with E-state index in [2.05, 4.69) is 0 Å². The molecule has 1 N–H and O–H groups in total. The Kier molecular flexibility index (Phi) is 4.59. The van der Waals surface area contributed by atoms with E-state index in [0.29, 0.717) is 11.6 Å². The smallest absolute Gasteiger partial charge is 0.305 e. The topological polar surface area (TPSA) is 46.5 Å². The van der Waals surface area contributed by atoms with Gasteiger partial charge in [0, 0.05) is 5.02 Å². The largest absolute Gasteiger partial charge is 0.481 e. The van der Waals surface area contributed by atoms with Crippen LogP contribution in [0.2, 0.25) is 5.02 Å². The van der Waals surface area contributed by atoms with Crippen molar-refractivity contribution in [2.24, 2.45) is 0 Å². The van der Waals surface area contributed by atoms with Crippen LogP contribution in [0.5, 0.6) is 0 Å². The third-order valence-corrected chi connectivity index (χ3v) is 2.31. The van der Waals surface area contributed by atoms with Crippen LogP contribution < -0.4 is 0 Å². The third-order valence-electron chi connectivity index (χ3n) is 1.94. The number of carboxylic acids is 1. The van der Waals surface area contributed by atoms with Crippen LogP contribution in [-0.4, -0.2) is 17.2 Å². The molecule has 0 bridgehead atoms. The van der Waals surface area contributed by atoms with Crippen molar-refractivity contribution < 1.29 is 14.6 Å². The molecule has 4 heteroatoms. The zero-order valence-corrected chi connectivity index (χ0v) is 9.20. The van der Waals surface area contributed by atoms with Crippen molar-refractivity contribution in [1.82, 2.24) is 0 Å². The second kappa shape index (κ2) is 5.73. The molecule has 1 aromatic carbocycles. The van der Waals surface area contributed by atoms with Crippen LogP contribution >= 0.6 is 11.6 Å². The molecule has 3 nitrogen and oxygen atoms in total. The Labute approximate surface area is 93.6 Å². The summed E-state index contributed by atoms with van der Waals surface area (Å²) in [6, 6.07) is 7.34. The van der Waals surface area contributed by atoms with E-state index in [4.69, 9.17) is 21.4 Å². The molecule has 0 heterocycles. The van der Waals surface area contributed by atoms with Crippen molar-refractivity contribution >= 4 is 17.6 Å². The minimum absolute atomic E-state index is 0.00442. The Bertz CT molecular complexity index is 338. The van der Waals surface area contributed by atoms with E-state index in [1.165, 1.54) is 0 Å². The molecule has 0 aliphatic carbocycles. The molecule has 0 radical (unpaired) electrons. The average Bonchev–Trinajstić information content (AvgIpc) is 2.15. The maximum atomic E-state index is 10.4. The van der Waals surface area contributed by atoms with Crippen LogP contribution in [-0.2, 0) is 16.1 Å². The molecule has 1 aromatic rings. The summed E-state index contributed by atoms with van der Waals surface area (Å²) in [6.45, 7) is 2.07. The van der Waals surface area contributed by atoms with Crippen LogP contribution in [0.4, 0.5) is 0 Å². The van der Waals surface area contributed by atoms with Gasteiger partial charge >= 0.3 is 5.97 Å². The molecule has 0 fully saturated rings. The molecule has 82 valence electrons. The lowest BCUT2D eigenvalue weighted by atomic mass is 10.2. The Balaban J connectivity index is 2.43. The normalized spacial score (nSPS) is 12.4. The highest BCUT2D eigenvalue weighted by atomic mass is 35.5. The highest BCUT2D eigenvalue weighted by Crippen LogP contribution is 2.16. The predicted molar refractivity (Wildman–Crippen MR) is 58.0 cm³/mol. The average molecular weight is 229 g/mol. The summed E-state index contributed by atoms with van der Waals surface area (Å²) in [6.07, 6.45) is -0.302. The van der Waals surface area contributed by atoms with E-state index < -0.39 is 5.97 Å². The number of carboxylic acid groups (broad SMARTS) is 1. The van der Waals surface area contributed by atoms with Gasteiger partial charge in [0.05, 0.1) is 19.1 Å². The predicted octanol–water partition coefficient (Wildman–Crippen LogP) is 2.72. The number of benzene rings is 1. The van der Waals surface area contributed by atoms with Crippen molar-refractivity contribution in [1.29, 1.82) is 0 Å². The van der Waals surface area contributed by atoms with Crippen LogP contribution in [0.1, 0.15) is 18.9 Å². The fourth-order valence-corrected chi connectivity index (χ4v) is 1.34. The Hall–Kier alpha value is -1.06. The number of ether oxygens (including phenoxy) is 1. The Morgan fingerprint density at radius 2 is 2.20 bits per heavy atom. The lowest BCUT2D eigenvalue weighted by Crippen LogP contribution is -2.13. The maximum absolute atomic E-state index is 10.4. The Morgan fingerprint density at radius 3 is 2.80 bits per heavy atom. The molecule has 0 aromatic heterocycles. The van der Waals surface area contributed by atoms with Gasteiger partial charge in [-0.2, -0.15) is 0 Å². The molecule has 15 heavy (non-hydrogen) atoms. The van der Waals surface area contributed by atoms with Gasteiger partial charge in [0.15, 0.2) is 0 Å². The number of rotatable bonds is 5. The molecule has 1 atom stereocenters. The van der Waals surface area contributed by atoms with E-state index in [1.54, 1.807) is 13.0 Å². The van der Waals surface area contributed by atoms with E-state index >= 15 is 0 Å². The van der Waals surface area contributed by atoms with E-state index in [-0.39, 0.29) is 12.5 Å². The molecule has 0 aliphatic heterocycles. The summed E-state index contributed by atoms with van der Waals surface area (Å²) >= 11 is 5.92. The summed E-state index contributed by atoms with van der Waals surface area (Å²) in [5.41, 5.74) is 0.872. The maximum Gasteiger partial charge on any atom is 0.305 e. The SMILES string of the molecule is CC(CC(=O)O)OCc1ccccc1Cl. The summed E-state index contributed by atoms with van der Waals surface area (Å²) in [7, 11) is 0. The van der Waals surface area contributed by atoms with Crippen molar-refractivity contribution in [3.63, 3.8) is 0 Å². The van der Waals surface area contributed by atoms with E-state index in [0.717, 1.165) is 5.56 Å². The molecule has 0 saturated carbocycles. The van der Waals surface area contributed by atoms with Gasteiger partial charge in [-0.05, 0) is 18.6 Å². The lowest BCUT2D eigenvalue weighted by molar-refractivity contribution is -0.140. The number of carbonyl (C=O) groups is 1. The van der Waals surface area contributed by atoms with Crippen LogP contribution in [0, 0.1) is 0 Å². The van der Waals surface area contributed by atoms with Gasteiger partial charge < -0.3 is 9.84 Å². The zero-order valence-electron chi connectivity index (χ0n) is 8.44. The number of hydrogen-bond acceptors (Lipinski definition) is 2. The molecule has 0 amide bonds. The zero-order chi connectivity index (χ0) is 11.3. The summed E-state index contributed by atoms with van der Waals surface area (Å²) in [5.74, 6) is -0.860. The first-order valence-corrected chi connectivity index (χ1v) is 5.04. The van der Waals surface area contributed by atoms with Crippen molar-refractivity contribution in [3.8, 4) is 0 Å². The highest BCUT2D eigenvalue weighted by molar-refractivity contribution is 6.31.